The van der Waals surface area contributed by atoms with Gasteiger partial charge in [0.25, 0.3) is 0 Å². The van der Waals surface area contributed by atoms with E-state index in [2.05, 4.69) is 10.5 Å². The summed E-state index contributed by atoms with van der Waals surface area (Å²) in [4.78, 5) is 32.0. The van der Waals surface area contributed by atoms with Gasteiger partial charge in [-0.1, -0.05) is 32.9 Å². The van der Waals surface area contributed by atoms with Gasteiger partial charge in [0, 0.05) is 45.3 Å². The topological polar surface area (TPSA) is 243 Å². The summed E-state index contributed by atoms with van der Waals surface area (Å²) < 4.78 is 47.8. The summed E-state index contributed by atoms with van der Waals surface area (Å²) in [6.45, 7) is 18.2. The van der Waals surface area contributed by atoms with Crippen LogP contribution in [0.4, 0.5) is 0 Å². The monoisotopic (exact) mass is 851 g/mol. The van der Waals surface area contributed by atoms with E-state index in [4.69, 9.17) is 42.7 Å². The lowest BCUT2D eigenvalue weighted by atomic mass is 9.73. The van der Waals surface area contributed by atoms with Gasteiger partial charge in [-0.25, -0.2) is 0 Å². The van der Waals surface area contributed by atoms with Crippen LogP contribution >= 0.6 is 0 Å². The van der Waals surface area contributed by atoms with Gasteiger partial charge in [-0.05, 0) is 60.8 Å². The molecule has 3 fully saturated rings. The van der Waals surface area contributed by atoms with Crippen molar-refractivity contribution in [3.63, 3.8) is 0 Å². The SMILES string of the molecule is CC[C@H]1OC(=O)[C@H](C)[C@@H](O[C@H]2CC(C)(OC)[C@@H](O)C(C)O2)[C@H](C)[C@@H](O[C@@H]2OC(C)CC(NC(C)=O)C2O)[C@](C)(O)C[C@@H](C)/C(=N\OCOCCOC)[C@H](C)[C@@H](O)[C@]1(C)O. The van der Waals surface area contributed by atoms with Crippen molar-refractivity contribution in [1.29, 1.82) is 0 Å². The van der Waals surface area contributed by atoms with Gasteiger partial charge < -0.3 is 73.6 Å². The van der Waals surface area contributed by atoms with Crippen molar-refractivity contribution in [1.82, 2.24) is 5.32 Å². The number of nitrogens with one attached hydrogen (secondary N) is 1. The molecule has 0 aromatic rings. The number of esters is 1. The molecule has 1 amide bonds. The number of aliphatic hydroxyl groups is 5. The van der Waals surface area contributed by atoms with Crippen molar-refractivity contribution >= 4 is 17.6 Å². The third-order valence-electron chi connectivity index (χ3n) is 12.4. The minimum absolute atomic E-state index is 0.0602. The molecular weight excluding hydrogens is 776 g/mol. The van der Waals surface area contributed by atoms with Crippen LogP contribution in [0, 0.1) is 23.7 Å². The van der Waals surface area contributed by atoms with E-state index in [0.29, 0.717) is 13.0 Å². The molecule has 0 aliphatic carbocycles. The van der Waals surface area contributed by atoms with Gasteiger partial charge in [-0.15, -0.1) is 0 Å². The number of oxime groups is 1. The largest absolute Gasteiger partial charge is 0.459 e. The van der Waals surface area contributed by atoms with Crippen molar-refractivity contribution < 1.29 is 77.9 Å². The van der Waals surface area contributed by atoms with Crippen LogP contribution < -0.4 is 5.32 Å². The summed E-state index contributed by atoms with van der Waals surface area (Å²) in [7, 11) is 3.00. The number of rotatable bonds is 13. The molecule has 18 atom stereocenters. The van der Waals surface area contributed by atoms with Gasteiger partial charge >= 0.3 is 5.97 Å². The first-order valence-electron chi connectivity index (χ1n) is 20.8. The molecule has 0 radical (unpaired) electrons. The Balaban J connectivity index is 2.22. The number of methoxy groups -OCH3 is 2. The molecule has 6 N–H and O–H groups in total. The predicted octanol–water partition coefficient (Wildman–Crippen LogP) is 1.78. The summed E-state index contributed by atoms with van der Waals surface area (Å²) in [5, 5.41) is 66.1. The molecule has 0 aromatic heterocycles. The number of ether oxygens (including phenoxy) is 8. The van der Waals surface area contributed by atoms with Crippen LogP contribution in [0.5, 0.6) is 0 Å². The van der Waals surface area contributed by atoms with Crippen molar-refractivity contribution in [2.75, 3.05) is 34.2 Å². The fourth-order valence-corrected chi connectivity index (χ4v) is 8.85. The summed E-state index contributed by atoms with van der Waals surface area (Å²) in [6.07, 6.45) is -10.7. The Labute approximate surface area is 349 Å². The van der Waals surface area contributed by atoms with E-state index >= 15 is 0 Å². The highest BCUT2D eigenvalue weighted by molar-refractivity contribution is 5.88. The molecule has 344 valence electrons. The summed E-state index contributed by atoms with van der Waals surface area (Å²) >= 11 is 0. The maximum atomic E-state index is 14.3. The molecule has 0 aromatic carbocycles. The fourth-order valence-electron chi connectivity index (χ4n) is 8.85. The van der Waals surface area contributed by atoms with Crippen LogP contribution in [0.1, 0.15) is 102 Å². The lowest BCUT2D eigenvalue weighted by Crippen LogP contribution is -2.61. The molecular formula is C41H74N2O16. The zero-order valence-electron chi connectivity index (χ0n) is 37.3. The van der Waals surface area contributed by atoms with Crippen molar-refractivity contribution in [2.45, 2.75) is 186 Å². The number of carbonyl (C=O) groups is 2. The number of hydrogen-bond acceptors (Lipinski definition) is 17. The second-order valence-electron chi connectivity index (χ2n) is 17.5. The zero-order valence-corrected chi connectivity index (χ0v) is 37.3. The van der Waals surface area contributed by atoms with Gasteiger partial charge in [-0.2, -0.15) is 0 Å². The highest BCUT2D eigenvalue weighted by atomic mass is 16.7. The van der Waals surface area contributed by atoms with Gasteiger partial charge in [0.1, 0.15) is 23.9 Å². The van der Waals surface area contributed by atoms with E-state index in [1.807, 2.05) is 0 Å². The maximum absolute atomic E-state index is 14.3. The minimum Gasteiger partial charge on any atom is -0.459 e. The van der Waals surface area contributed by atoms with E-state index in [-0.39, 0.29) is 44.3 Å². The van der Waals surface area contributed by atoms with E-state index in [9.17, 15) is 35.1 Å². The Morgan fingerprint density at radius 1 is 0.932 bits per heavy atom. The molecule has 59 heavy (non-hydrogen) atoms. The molecule has 3 heterocycles. The van der Waals surface area contributed by atoms with E-state index < -0.39 is 114 Å². The Kier molecular flexibility index (Phi) is 19.0. The fraction of sp³-hybridized carbons (Fsp3) is 0.927. The van der Waals surface area contributed by atoms with Crippen LogP contribution in [0.3, 0.4) is 0 Å². The molecule has 0 bridgehead atoms. The van der Waals surface area contributed by atoms with Crippen LogP contribution in [0.2, 0.25) is 0 Å². The van der Waals surface area contributed by atoms with Gasteiger partial charge in [-0.3, -0.25) is 9.59 Å². The van der Waals surface area contributed by atoms with Gasteiger partial charge in [0.2, 0.25) is 12.7 Å². The van der Waals surface area contributed by atoms with Crippen LogP contribution in [0.25, 0.3) is 0 Å². The minimum atomic E-state index is -1.99. The van der Waals surface area contributed by atoms with E-state index in [1.54, 1.807) is 55.4 Å². The summed E-state index contributed by atoms with van der Waals surface area (Å²) in [5.41, 5.74) is -4.66. The molecule has 3 aliphatic rings. The molecule has 3 saturated heterocycles. The van der Waals surface area contributed by atoms with Crippen LogP contribution in [0.15, 0.2) is 5.16 Å². The van der Waals surface area contributed by atoms with Crippen molar-refractivity contribution in [3.05, 3.63) is 0 Å². The first-order valence-corrected chi connectivity index (χ1v) is 20.8. The zero-order chi connectivity index (χ0) is 44.6. The Morgan fingerprint density at radius 2 is 1.59 bits per heavy atom. The third-order valence-corrected chi connectivity index (χ3v) is 12.4. The quantitative estimate of drug-likeness (QED) is 0.0670. The highest BCUT2D eigenvalue weighted by Crippen LogP contribution is 2.41. The maximum Gasteiger partial charge on any atom is 0.311 e. The molecule has 3 rings (SSSR count). The molecule has 18 nitrogen and oxygen atoms in total. The molecule has 0 saturated carbocycles. The molecule has 5 unspecified atom stereocenters. The number of amides is 1. The molecule has 0 spiro atoms. The molecule has 18 heteroatoms. The lowest BCUT2D eigenvalue weighted by Gasteiger charge is -2.49. The first kappa shape index (κ1) is 51.3. The first-order chi connectivity index (χ1) is 27.4. The number of carbonyl (C=O) groups excluding carboxylic acids is 2. The number of aliphatic hydroxyl groups excluding tert-OH is 3. The van der Waals surface area contributed by atoms with Crippen LogP contribution in [-0.2, 0) is 52.3 Å². The Morgan fingerprint density at radius 3 is 2.19 bits per heavy atom. The smallest absolute Gasteiger partial charge is 0.311 e. The number of cyclic esters (lactones) is 1. The second-order valence-corrected chi connectivity index (χ2v) is 17.5. The average molecular weight is 851 g/mol. The van der Waals surface area contributed by atoms with Gasteiger partial charge in [0.15, 0.2) is 12.6 Å². The Hall–Kier alpha value is -2.07. The van der Waals surface area contributed by atoms with Crippen molar-refractivity contribution in [2.24, 2.45) is 28.8 Å². The van der Waals surface area contributed by atoms with E-state index in [0.717, 1.165) is 0 Å². The van der Waals surface area contributed by atoms with Crippen molar-refractivity contribution in [3.8, 4) is 0 Å². The standard InChI is InChI=1S/C41H74N2O16/c1-14-29-41(11,50)34(46)23(4)31(43-54-20-53-16-15-51-12)21(2)18-39(9,49)36(59-38-32(45)28(42-27(8)44)17-22(3)55-38)24(5)33(25(6)37(48)57-29)58-30-19-40(10,52-13)35(47)26(7)56-30/h21-26,28-30,32-36,38,45-47,49-50H,14-20H2,1-13H3,(H,42,44)/b43-31+/t21-,22?,23+,24+,25-,26?,28?,29-,30+,32?,33+,34-,35+,36-,38+,39-,40?,41-/m1/s1. The highest BCUT2D eigenvalue weighted by Gasteiger charge is 2.53. The lowest BCUT2D eigenvalue weighted by molar-refractivity contribution is -0.315. The molecule has 3 aliphatic heterocycles. The Bertz CT molecular complexity index is 1370. The third kappa shape index (κ3) is 12.8. The predicted molar refractivity (Wildman–Crippen MR) is 213 cm³/mol. The van der Waals surface area contributed by atoms with Crippen LogP contribution in [-0.4, -0.2) is 162 Å². The number of nitrogens with zero attached hydrogens (tertiary/aromatic N) is 1. The van der Waals surface area contributed by atoms with Gasteiger partial charge in [0.05, 0.1) is 72.6 Å². The van der Waals surface area contributed by atoms with E-state index in [1.165, 1.54) is 35.0 Å². The average Bonchev–Trinajstić information content (AvgIpc) is 3.16. The summed E-state index contributed by atoms with van der Waals surface area (Å²) in [5.74, 6) is -4.74. The summed E-state index contributed by atoms with van der Waals surface area (Å²) in [6, 6.07) is -0.738. The number of hydrogen-bond donors (Lipinski definition) is 6. The second kappa shape index (κ2) is 21.8. The normalized spacial score (nSPS) is 45.0.